The molecule has 1 aliphatic rings. The Morgan fingerprint density at radius 3 is 2.90 bits per heavy atom. The van der Waals surface area contributed by atoms with Gasteiger partial charge in [-0.1, -0.05) is 0 Å². The minimum Gasteiger partial charge on any atom is -0.378 e. The van der Waals surface area contributed by atoms with E-state index in [0.717, 1.165) is 35.6 Å². The second-order valence-electron chi connectivity index (χ2n) is 5.34. The molecule has 0 bridgehead atoms. The van der Waals surface area contributed by atoms with Crippen LogP contribution >= 0.6 is 11.3 Å². The van der Waals surface area contributed by atoms with Crippen molar-refractivity contribution in [3.63, 3.8) is 0 Å². The van der Waals surface area contributed by atoms with Crippen LogP contribution in [0.25, 0.3) is 0 Å². The first kappa shape index (κ1) is 16.9. The molecule has 1 atom stereocenters. The second kappa shape index (κ2) is 7.69. The van der Waals surface area contributed by atoms with Gasteiger partial charge in [-0.05, 0) is 45.7 Å². The predicted molar refractivity (Wildman–Crippen MR) is 85.2 cm³/mol. The van der Waals surface area contributed by atoms with E-state index in [9.17, 15) is 8.42 Å². The maximum absolute atomic E-state index is 12.3. The molecule has 1 aromatic rings. The van der Waals surface area contributed by atoms with Crippen LogP contribution in [-0.2, 0) is 21.3 Å². The summed E-state index contributed by atoms with van der Waals surface area (Å²) < 4.78 is 33.0. The fraction of sp³-hybridized carbons (Fsp3) is 0.714. The highest BCUT2D eigenvalue weighted by Gasteiger charge is 2.20. The summed E-state index contributed by atoms with van der Waals surface area (Å²) in [5.74, 6) is 0. The Morgan fingerprint density at radius 2 is 2.24 bits per heavy atom. The molecule has 7 heteroatoms. The van der Waals surface area contributed by atoms with E-state index in [-0.39, 0.29) is 6.10 Å². The zero-order valence-electron chi connectivity index (χ0n) is 12.6. The minimum absolute atomic E-state index is 0.199. The normalized spacial score (nSPS) is 19.8. The molecule has 1 saturated heterocycles. The second-order valence-corrected chi connectivity index (χ2v) is 8.41. The average Bonchev–Trinajstić information content (AvgIpc) is 2.82. The van der Waals surface area contributed by atoms with Crippen molar-refractivity contribution >= 4 is 21.4 Å². The highest BCUT2D eigenvalue weighted by Crippen LogP contribution is 2.25. The van der Waals surface area contributed by atoms with Crippen LogP contribution in [0, 0.1) is 6.92 Å². The lowest BCUT2D eigenvalue weighted by Gasteiger charge is -2.22. The number of hydrogen-bond donors (Lipinski definition) is 2. The van der Waals surface area contributed by atoms with Crippen molar-refractivity contribution in [3.8, 4) is 0 Å². The van der Waals surface area contributed by atoms with Crippen molar-refractivity contribution in [2.45, 2.75) is 50.2 Å². The van der Waals surface area contributed by atoms with E-state index in [1.54, 1.807) is 6.07 Å². The first-order valence-corrected chi connectivity index (χ1v) is 9.68. The zero-order chi connectivity index (χ0) is 15.3. The van der Waals surface area contributed by atoms with Crippen molar-refractivity contribution in [1.29, 1.82) is 0 Å². The molecular weight excluding hydrogens is 308 g/mol. The Labute approximate surface area is 131 Å². The van der Waals surface area contributed by atoms with Crippen molar-refractivity contribution in [1.82, 2.24) is 10.0 Å². The molecule has 0 aromatic carbocycles. The summed E-state index contributed by atoms with van der Waals surface area (Å²) in [7, 11) is -1.56. The fourth-order valence-electron chi connectivity index (χ4n) is 2.52. The third kappa shape index (κ3) is 4.75. The summed E-state index contributed by atoms with van der Waals surface area (Å²) in [5, 5.41) is 3.04. The molecule has 21 heavy (non-hydrogen) atoms. The van der Waals surface area contributed by atoms with Gasteiger partial charge in [0.15, 0.2) is 0 Å². The summed E-state index contributed by atoms with van der Waals surface area (Å²) in [5.41, 5.74) is 0. The summed E-state index contributed by atoms with van der Waals surface area (Å²) in [6.45, 7) is 3.78. The Kier molecular flexibility index (Phi) is 6.19. The number of aryl methyl sites for hydroxylation is 1. The maximum atomic E-state index is 12.3. The van der Waals surface area contributed by atoms with Gasteiger partial charge in [-0.25, -0.2) is 13.1 Å². The molecule has 5 nitrogen and oxygen atoms in total. The lowest BCUT2D eigenvalue weighted by atomic mass is 10.1. The lowest BCUT2D eigenvalue weighted by Crippen LogP contribution is -2.29. The number of sulfonamides is 1. The number of thiophene rings is 1. The molecule has 0 radical (unpaired) electrons. The highest BCUT2D eigenvalue weighted by atomic mass is 32.2. The topological polar surface area (TPSA) is 67.4 Å². The van der Waals surface area contributed by atoms with Crippen LogP contribution in [0.15, 0.2) is 11.0 Å². The van der Waals surface area contributed by atoms with E-state index in [1.807, 2.05) is 14.0 Å². The van der Waals surface area contributed by atoms with Crippen LogP contribution < -0.4 is 10.0 Å². The zero-order valence-corrected chi connectivity index (χ0v) is 14.3. The van der Waals surface area contributed by atoms with Crippen molar-refractivity contribution in [2.75, 3.05) is 20.2 Å². The van der Waals surface area contributed by atoms with Gasteiger partial charge >= 0.3 is 0 Å². The van der Waals surface area contributed by atoms with Gasteiger partial charge in [-0.3, -0.25) is 0 Å². The maximum Gasteiger partial charge on any atom is 0.241 e. The summed E-state index contributed by atoms with van der Waals surface area (Å²) in [4.78, 5) is 2.27. The van der Waals surface area contributed by atoms with Gasteiger partial charge in [0.05, 0.1) is 11.0 Å². The molecule has 2 N–H and O–H groups in total. The Bertz CT molecular complexity index is 549. The van der Waals surface area contributed by atoms with Crippen LogP contribution in [0.1, 0.15) is 35.4 Å². The number of nitrogens with one attached hydrogen (secondary N) is 2. The number of hydrogen-bond acceptors (Lipinski definition) is 5. The van der Waals surface area contributed by atoms with Gasteiger partial charge in [0.1, 0.15) is 0 Å². The van der Waals surface area contributed by atoms with Crippen molar-refractivity contribution in [2.24, 2.45) is 0 Å². The molecule has 0 spiro atoms. The number of ether oxygens (including phenoxy) is 1. The quantitative estimate of drug-likeness (QED) is 0.801. The molecule has 1 aromatic heterocycles. The molecule has 1 fully saturated rings. The molecular formula is C14H24N2O3S2. The molecule has 0 aliphatic carbocycles. The third-order valence-corrected chi connectivity index (χ3v) is 6.36. The van der Waals surface area contributed by atoms with Gasteiger partial charge in [-0.2, -0.15) is 0 Å². The van der Waals surface area contributed by atoms with E-state index in [4.69, 9.17) is 4.74 Å². The van der Waals surface area contributed by atoms with E-state index in [2.05, 4.69) is 10.0 Å². The first-order chi connectivity index (χ1) is 10.0. The summed E-state index contributed by atoms with van der Waals surface area (Å²) in [6.07, 6.45) is 4.26. The molecule has 0 amide bonds. The molecule has 2 heterocycles. The minimum atomic E-state index is -3.41. The fourth-order valence-corrected chi connectivity index (χ4v) is 5.21. The molecule has 1 unspecified atom stereocenters. The standard InChI is InChI=1S/C14H24N2O3S2/c1-11-14(9-13(20-11)10-15-2)21(17,18)16-7-6-12-5-3-4-8-19-12/h9,12,15-16H,3-8,10H2,1-2H3. The van der Waals surface area contributed by atoms with Crippen molar-refractivity contribution in [3.05, 3.63) is 15.8 Å². The molecule has 0 saturated carbocycles. The number of rotatable bonds is 7. The van der Waals surface area contributed by atoms with Gasteiger partial charge < -0.3 is 10.1 Å². The van der Waals surface area contributed by atoms with Crippen LogP contribution in [-0.4, -0.2) is 34.7 Å². The van der Waals surface area contributed by atoms with Gasteiger partial charge in [0, 0.05) is 29.5 Å². The average molecular weight is 332 g/mol. The monoisotopic (exact) mass is 332 g/mol. The van der Waals surface area contributed by atoms with Crippen LogP contribution in [0.3, 0.4) is 0 Å². The Morgan fingerprint density at radius 1 is 1.43 bits per heavy atom. The van der Waals surface area contributed by atoms with Gasteiger partial charge in [0.25, 0.3) is 0 Å². The van der Waals surface area contributed by atoms with Crippen LogP contribution in [0.5, 0.6) is 0 Å². The highest BCUT2D eigenvalue weighted by molar-refractivity contribution is 7.89. The smallest absolute Gasteiger partial charge is 0.241 e. The van der Waals surface area contributed by atoms with Gasteiger partial charge in [-0.15, -0.1) is 11.3 Å². The predicted octanol–water partition coefficient (Wildman–Crippen LogP) is 2.01. The third-order valence-electron chi connectivity index (χ3n) is 3.60. The van der Waals surface area contributed by atoms with Crippen LogP contribution in [0.4, 0.5) is 0 Å². The first-order valence-electron chi connectivity index (χ1n) is 7.38. The molecule has 120 valence electrons. The van der Waals surface area contributed by atoms with Crippen LogP contribution in [0.2, 0.25) is 0 Å². The van der Waals surface area contributed by atoms with Gasteiger partial charge in [0.2, 0.25) is 10.0 Å². The summed E-state index contributed by atoms with van der Waals surface area (Å²) in [6, 6.07) is 1.76. The largest absolute Gasteiger partial charge is 0.378 e. The molecule has 2 rings (SSSR count). The van der Waals surface area contributed by atoms with E-state index in [1.165, 1.54) is 17.8 Å². The van der Waals surface area contributed by atoms with E-state index >= 15 is 0 Å². The Hall–Kier alpha value is -0.470. The summed E-state index contributed by atoms with van der Waals surface area (Å²) >= 11 is 1.52. The van der Waals surface area contributed by atoms with E-state index in [0.29, 0.717) is 18.0 Å². The molecule has 1 aliphatic heterocycles. The van der Waals surface area contributed by atoms with E-state index < -0.39 is 10.0 Å². The lowest BCUT2D eigenvalue weighted by molar-refractivity contribution is 0.0123. The van der Waals surface area contributed by atoms with Crippen molar-refractivity contribution < 1.29 is 13.2 Å². The Balaban J connectivity index is 1.91. The SMILES string of the molecule is CNCc1cc(S(=O)(=O)NCCC2CCCCO2)c(C)s1.